The quantitative estimate of drug-likeness (QED) is 0.129. The zero-order chi connectivity index (χ0) is 61.9. The van der Waals surface area contributed by atoms with Crippen LogP contribution in [0, 0.1) is 11.3 Å². The third-order valence-corrected chi connectivity index (χ3v) is 17.2. The maximum absolute atomic E-state index is 15.6. The number of nitrogens with zero attached hydrogens (tertiary/aromatic N) is 7. The summed E-state index contributed by atoms with van der Waals surface area (Å²) in [6.45, 7) is 0. The first kappa shape index (κ1) is 55.0. The van der Waals surface area contributed by atoms with Crippen molar-refractivity contribution < 1.29 is 13.2 Å². The third-order valence-electron chi connectivity index (χ3n) is 17.2. The summed E-state index contributed by atoms with van der Waals surface area (Å²) >= 11 is 0. The van der Waals surface area contributed by atoms with Crippen LogP contribution in [0.5, 0.6) is 0 Å². The minimum Gasteiger partial charge on any atom is -0.307 e. The van der Waals surface area contributed by atoms with E-state index in [-0.39, 0.29) is 16.7 Å². The summed E-state index contributed by atoms with van der Waals surface area (Å²) in [5.41, 5.74) is 16.6. The predicted octanol–water partition coefficient (Wildman–Crippen LogP) is 21.4. The van der Waals surface area contributed by atoms with Crippen molar-refractivity contribution in [1.82, 2.24) is 29.1 Å². The van der Waals surface area contributed by atoms with Crippen molar-refractivity contribution in [2.24, 2.45) is 0 Å². The fourth-order valence-corrected chi connectivity index (χ4v) is 12.9. The molecule has 0 aliphatic rings. The molecule has 10 aromatic carbocycles. The van der Waals surface area contributed by atoms with Gasteiger partial charge in [0.1, 0.15) is 0 Å². The number of benzene rings is 10. The van der Waals surface area contributed by atoms with Crippen molar-refractivity contribution in [3.63, 3.8) is 0 Å². The Hall–Kier alpha value is -12.3. The second kappa shape index (κ2) is 22.7. The highest BCUT2D eigenvalue weighted by Gasteiger charge is 2.35. The van der Waals surface area contributed by atoms with Gasteiger partial charge >= 0.3 is 6.18 Å². The average Bonchev–Trinajstić information content (AvgIpc) is 1.52. The highest BCUT2D eigenvalue weighted by molar-refractivity contribution is 6.14. The molecular weight excluding hydrogens is 1140 g/mol. The molecule has 16 rings (SSSR count). The molecule has 7 nitrogen and oxygen atoms in total. The van der Waals surface area contributed by atoms with Gasteiger partial charge in [-0.1, -0.05) is 212 Å². The number of alkyl halides is 3. The van der Waals surface area contributed by atoms with E-state index < -0.39 is 11.7 Å². The monoisotopic (exact) mass is 1190 g/mol. The second-order valence-corrected chi connectivity index (χ2v) is 22.7. The van der Waals surface area contributed by atoms with Crippen LogP contribution in [0.2, 0.25) is 0 Å². The summed E-state index contributed by atoms with van der Waals surface area (Å²) in [5, 5.41) is 15.1. The molecule has 0 aliphatic heterocycles. The van der Waals surface area contributed by atoms with E-state index in [0.717, 1.165) is 140 Å². The van der Waals surface area contributed by atoms with E-state index in [2.05, 4.69) is 88.0 Å². The second-order valence-electron chi connectivity index (χ2n) is 22.7. The van der Waals surface area contributed by atoms with Crippen LogP contribution in [-0.4, -0.2) is 29.1 Å². The zero-order valence-electron chi connectivity index (χ0n) is 49.1. The molecule has 10 heteroatoms. The Labute approximate surface area is 527 Å². The van der Waals surface area contributed by atoms with Crippen LogP contribution >= 0.6 is 0 Å². The maximum atomic E-state index is 15.6. The summed E-state index contributed by atoms with van der Waals surface area (Å²) in [6, 6.07) is 101. The van der Waals surface area contributed by atoms with Crippen LogP contribution in [0.25, 0.3) is 156 Å². The van der Waals surface area contributed by atoms with Crippen LogP contribution < -0.4 is 0 Å². The van der Waals surface area contributed by atoms with Gasteiger partial charge in [0.2, 0.25) is 0 Å². The Kier molecular flexibility index (Phi) is 13.6. The smallest absolute Gasteiger partial charge is 0.307 e. The molecule has 92 heavy (non-hydrogen) atoms. The molecule has 0 saturated heterocycles. The summed E-state index contributed by atoms with van der Waals surface area (Å²) in [4.78, 5) is 20.9. The van der Waals surface area contributed by atoms with E-state index in [1.54, 1.807) is 18.2 Å². The molecule has 0 atom stereocenters. The molecular formula is C82H50F3N7. The van der Waals surface area contributed by atoms with Gasteiger partial charge in [-0.15, -0.1) is 0 Å². The Morgan fingerprint density at radius 3 is 0.859 bits per heavy atom. The SMILES string of the molecule is N#Cc1cc(-n2c3cc(-c4cccc(-c5ccccc5)n4)ccc3c3ccc(-c4cccc(-c5ccccc5)n4)cc32)c(-n2c3cc(-c4cccc(-c5ccccc5)n4)ccc3c3ccc(-c4cccc(-c5ccccc5)n4)cc32)cc1-c1ccccc1C(F)(F)F. The molecule has 0 aliphatic carbocycles. The standard InChI is InChI=1S/C82H50F3N7/c83-82(84,85)67-28-14-13-27-61(67)66-50-81(92-78-47-58(74-35-17-31-70(89-74)54-23-9-3-10-24-54)39-43-64(78)65-44-40-59(48-79(65)92)75-36-18-32-71(90-75)55-25-11-4-12-26-55)80(49-60(66)51-86)91-76-45-56(72-33-15-29-68(87-72)52-19-5-1-6-20-52)37-41-62(76)63-42-38-57(46-77(63)91)73-34-16-30-69(88-73)53-21-7-2-8-22-53/h1-50H. The first-order valence-corrected chi connectivity index (χ1v) is 30.2. The average molecular weight is 1190 g/mol. The van der Waals surface area contributed by atoms with Gasteiger partial charge in [0, 0.05) is 71.6 Å². The van der Waals surface area contributed by atoms with E-state index in [1.165, 1.54) is 12.1 Å². The zero-order valence-corrected chi connectivity index (χ0v) is 49.1. The summed E-state index contributed by atoms with van der Waals surface area (Å²) in [7, 11) is 0. The third kappa shape index (κ3) is 9.91. The lowest BCUT2D eigenvalue weighted by atomic mass is 9.94. The number of nitriles is 1. The Morgan fingerprint density at radius 2 is 0.554 bits per heavy atom. The van der Waals surface area contributed by atoms with Crippen molar-refractivity contribution >= 4 is 43.6 Å². The fraction of sp³-hybridized carbons (Fsp3) is 0.0122. The fourth-order valence-electron chi connectivity index (χ4n) is 12.9. The molecule has 0 unspecified atom stereocenters. The van der Waals surface area contributed by atoms with Crippen molar-refractivity contribution in [3.05, 3.63) is 314 Å². The molecule has 0 N–H and O–H groups in total. The highest BCUT2D eigenvalue weighted by atomic mass is 19.4. The van der Waals surface area contributed by atoms with Gasteiger partial charge in [0.05, 0.1) is 96.2 Å². The van der Waals surface area contributed by atoms with Crippen molar-refractivity contribution in [2.45, 2.75) is 6.18 Å². The van der Waals surface area contributed by atoms with Crippen LogP contribution in [-0.2, 0) is 6.18 Å². The first-order chi connectivity index (χ1) is 45.2. The lowest BCUT2D eigenvalue weighted by molar-refractivity contribution is -0.137. The van der Waals surface area contributed by atoms with Gasteiger partial charge in [-0.2, -0.15) is 18.4 Å². The van der Waals surface area contributed by atoms with Gasteiger partial charge in [-0.05, 0) is 96.6 Å². The van der Waals surface area contributed by atoms with Gasteiger partial charge in [-0.3, -0.25) is 0 Å². The summed E-state index contributed by atoms with van der Waals surface area (Å²) in [5.74, 6) is 0. The van der Waals surface area contributed by atoms with Crippen molar-refractivity contribution in [2.75, 3.05) is 0 Å². The minimum atomic E-state index is -4.77. The molecule has 0 radical (unpaired) electrons. The van der Waals surface area contributed by atoms with Crippen LogP contribution in [0.1, 0.15) is 11.1 Å². The van der Waals surface area contributed by atoms with E-state index in [1.807, 2.05) is 194 Å². The normalized spacial score (nSPS) is 11.6. The molecule has 6 heterocycles. The molecule has 16 aromatic rings. The minimum absolute atomic E-state index is 0.0446. The van der Waals surface area contributed by atoms with Gasteiger partial charge in [0.25, 0.3) is 0 Å². The molecule has 0 spiro atoms. The van der Waals surface area contributed by atoms with Crippen LogP contribution in [0.3, 0.4) is 0 Å². The molecule has 0 fully saturated rings. The Balaban J connectivity index is 1.03. The van der Waals surface area contributed by atoms with Gasteiger partial charge < -0.3 is 9.13 Å². The number of pyridine rings is 4. The lowest BCUT2D eigenvalue weighted by Crippen LogP contribution is -2.09. The van der Waals surface area contributed by atoms with Gasteiger partial charge in [0.15, 0.2) is 0 Å². The molecule has 0 bridgehead atoms. The highest BCUT2D eigenvalue weighted by Crippen LogP contribution is 2.46. The van der Waals surface area contributed by atoms with Crippen molar-refractivity contribution in [1.29, 1.82) is 5.26 Å². The predicted molar refractivity (Wildman–Crippen MR) is 365 cm³/mol. The lowest BCUT2D eigenvalue weighted by Gasteiger charge is -2.21. The largest absolute Gasteiger partial charge is 0.417 e. The molecule has 6 aromatic heterocycles. The molecule has 0 saturated carbocycles. The Morgan fingerprint density at radius 1 is 0.272 bits per heavy atom. The number of aromatic nitrogens is 6. The number of fused-ring (bicyclic) bond motifs is 6. The number of rotatable bonds is 11. The van der Waals surface area contributed by atoms with Crippen LogP contribution in [0.4, 0.5) is 13.2 Å². The van der Waals surface area contributed by atoms with Gasteiger partial charge in [-0.25, -0.2) is 19.9 Å². The Bertz CT molecular complexity index is 5300. The van der Waals surface area contributed by atoms with Crippen LogP contribution in [0.15, 0.2) is 303 Å². The summed E-state index contributed by atoms with van der Waals surface area (Å²) < 4.78 is 51.1. The summed E-state index contributed by atoms with van der Waals surface area (Å²) in [6.07, 6.45) is -4.77. The number of hydrogen-bond acceptors (Lipinski definition) is 5. The first-order valence-electron chi connectivity index (χ1n) is 30.2. The van der Waals surface area contributed by atoms with E-state index in [9.17, 15) is 5.26 Å². The number of hydrogen-bond donors (Lipinski definition) is 0. The molecule has 0 amide bonds. The number of halogens is 3. The molecule has 434 valence electrons. The van der Waals surface area contributed by atoms with E-state index in [0.29, 0.717) is 11.4 Å². The maximum Gasteiger partial charge on any atom is 0.417 e. The van der Waals surface area contributed by atoms with E-state index >= 15 is 13.2 Å². The topological polar surface area (TPSA) is 85.2 Å². The van der Waals surface area contributed by atoms with E-state index in [4.69, 9.17) is 19.9 Å². The van der Waals surface area contributed by atoms with Crippen molar-refractivity contribution in [3.8, 4) is 119 Å².